The minimum Gasteiger partial charge on any atom is -1.00 e. The first-order chi connectivity index (χ1) is 10.4. The molecule has 0 aliphatic carbocycles. The van der Waals surface area contributed by atoms with E-state index in [-0.39, 0.29) is 31.0 Å². The van der Waals surface area contributed by atoms with Gasteiger partial charge in [-0.05, 0) is 22.8 Å². The summed E-state index contributed by atoms with van der Waals surface area (Å²) in [5, 5.41) is 0.752. The van der Waals surface area contributed by atoms with E-state index in [2.05, 4.69) is 13.2 Å². The Balaban J connectivity index is 0. The molecule has 2 aromatic rings. The van der Waals surface area contributed by atoms with Crippen molar-refractivity contribution in [1.29, 1.82) is 0 Å². The van der Waals surface area contributed by atoms with Gasteiger partial charge in [-0.25, -0.2) is 0 Å². The Morgan fingerprint density at radius 2 is 1.26 bits per heavy atom. The van der Waals surface area contributed by atoms with Crippen molar-refractivity contribution in [3.63, 3.8) is 0 Å². The molecule has 2 aromatic carbocycles. The van der Waals surface area contributed by atoms with Crippen LogP contribution in [-0.4, -0.2) is 13.0 Å². The van der Waals surface area contributed by atoms with Crippen LogP contribution >= 0.6 is 0 Å². The van der Waals surface area contributed by atoms with Crippen LogP contribution in [0.25, 0.3) is 18.2 Å². The van der Waals surface area contributed by atoms with Crippen molar-refractivity contribution in [2.75, 3.05) is 0 Å². The van der Waals surface area contributed by atoms with Gasteiger partial charge < -0.3 is 1.43 Å². The van der Waals surface area contributed by atoms with Crippen LogP contribution in [-0.2, 0) is 10.1 Å². The Hall–Kier alpha value is -1.43. The second kappa shape index (κ2) is 11.2. The SMILES string of the molecule is C=Cc1ccc(C=C)cc1.O=S(=O)(O)C=Cc1ccccc1.[H-].[Na+]. The Labute approximate surface area is 161 Å². The molecule has 0 unspecified atom stereocenters. The van der Waals surface area contributed by atoms with Gasteiger partial charge in [0.15, 0.2) is 0 Å². The molecule has 0 spiro atoms. The molecule has 5 heteroatoms. The minimum absolute atomic E-state index is 0. The fourth-order valence-corrected chi connectivity index (χ4v) is 1.83. The summed E-state index contributed by atoms with van der Waals surface area (Å²) in [5.74, 6) is 0. The van der Waals surface area contributed by atoms with E-state index in [0.717, 1.165) is 22.1 Å². The molecule has 3 nitrogen and oxygen atoms in total. The van der Waals surface area contributed by atoms with Crippen LogP contribution < -0.4 is 29.6 Å². The minimum atomic E-state index is -4.00. The van der Waals surface area contributed by atoms with Gasteiger partial charge in [0.1, 0.15) is 0 Å². The summed E-state index contributed by atoms with van der Waals surface area (Å²) in [6.45, 7) is 7.32. The molecule has 1 N–H and O–H groups in total. The van der Waals surface area contributed by atoms with Crippen LogP contribution in [0.4, 0.5) is 0 Å². The van der Waals surface area contributed by atoms with Crippen molar-refractivity contribution >= 4 is 28.3 Å². The molecular formula is C18H19NaO3S. The summed E-state index contributed by atoms with van der Waals surface area (Å²) < 4.78 is 28.9. The van der Waals surface area contributed by atoms with Gasteiger partial charge in [-0.1, -0.05) is 79.9 Å². The molecule has 116 valence electrons. The van der Waals surface area contributed by atoms with Gasteiger partial charge in [0.2, 0.25) is 0 Å². The molecule has 2 rings (SSSR count). The molecule has 0 aliphatic rings. The van der Waals surface area contributed by atoms with E-state index >= 15 is 0 Å². The van der Waals surface area contributed by atoms with Crippen LogP contribution in [0, 0.1) is 0 Å². The quantitative estimate of drug-likeness (QED) is 0.681. The molecule has 0 heterocycles. The van der Waals surface area contributed by atoms with Crippen molar-refractivity contribution in [3.05, 3.63) is 89.9 Å². The summed E-state index contributed by atoms with van der Waals surface area (Å²) in [4.78, 5) is 0. The molecule has 0 aliphatic heterocycles. The fraction of sp³-hybridized carbons (Fsp3) is 0. The monoisotopic (exact) mass is 338 g/mol. The number of benzene rings is 2. The van der Waals surface area contributed by atoms with E-state index < -0.39 is 10.1 Å². The third kappa shape index (κ3) is 10.0. The second-order valence-electron chi connectivity index (χ2n) is 4.30. The zero-order valence-corrected chi connectivity index (χ0v) is 15.9. The molecule has 0 atom stereocenters. The molecule has 0 fully saturated rings. The Morgan fingerprint density at radius 1 is 0.826 bits per heavy atom. The zero-order valence-electron chi connectivity index (χ0n) is 14.1. The van der Waals surface area contributed by atoms with E-state index in [1.165, 1.54) is 6.08 Å². The van der Waals surface area contributed by atoms with Crippen LogP contribution in [0.2, 0.25) is 0 Å². The largest absolute Gasteiger partial charge is 1.00 e. The number of hydrogen-bond acceptors (Lipinski definition) is 2. The van der Waals surface area contributed by atoms with Crippen molar-refractivity contribution in [2.45, 2.75) is 0 Å². The van der Waals surface area contributed by atoms with E-state index in [9.17, 15) is 8.42 Å². The second-order valence-corrected chi connectivity index (χ2v) is 5.61. The zero-order chi connectivity index (χ0) is 16.4. The van der Waals surface area contributed by atoms with E-state index in [4.69, 9.17) is 4.55 Å². The van der Waals surface area contributed by atoms with Crippen molar-refractivity contribution in [1.82, 2.24) is 0 Å². The van der Waals surface area contributed by atoms with Gasteiger partial charge in [0.25, 0.3) is 10.1 Å². The Morgan fingerprint density at radius 3 is 1.61 bits per heavy atom. The number of rotatable bonds is 4. The first-order valence-electron chi connectivity index (χ1n) is 6.50. The fourth-order valence-electron chi connectivity index (χ4n) is 1.50. The predicted molar refractivity (Wildman–Crippen MR) is 94.8 cm³/mol. The van der Waals surface area contributed by atoms with Gasteiger partial charge >= 0.3 is 29.6 Å². The molecule has 0 saturated carbocycles. The summed E-state index contributed by atoms with van der Waals surface area (Å²) in [6.07, 6.45) is 4.98. The molecule has 0 saturated heterocycles. The number of hydrogen-bond donors (Lipinski definition) is 1. The molecule has 0 amide bonds. The average Bonchev–Trinajstić information content (AvgIpc) is 2.54. The van der Waals surface area contributed by atoms with Crippen molar-refractivity contribution in [2.24, 2.45) is 0 Å². The third-order valence-corrected chi connectivity index (χ3v) is 3.12. The van der Waals surface area contributed by atoms with E-state index in [1.54, 1.807) is 24.3 Å². The third-order valence-electron chi connectivity index (χ3n) is 2.64. The van der Waals surface area contributed by atoms with Gasteiger partial charge in [0.05, 0.1) is 5.41 Å². The summed E-state index contributed by atoms with van der Waals surface area (Å²) >= 11 is 0. The molecule has 23 heavy (non-hydrogen) atoms. The van der Waals surface area contributed by atoms with Crippen molar-refractivity contribution in [3.8, 4) is 0 Å². The predicted octanol–water partition coefficient (Wildman–Crippen LogP) is 1.63. The van der Waals surface area contributed by atoms with Gasteiger partial charge in [-0.3, -0.25) is 4.55 Å². The summed E-state index contributed by atoms with van der Waals surface area (Å²) in [6, 6.07) is 16.9. The molecular weight excluding hydrogens is 319 g/mol. The first-order valence-corrected chi connectivity index (χ1v) is 8.00. The van der Waals surface area contributed by atoms with Gasteiger partial charge in [-0.15, -0.1) is 0 Å². The molecule has 0 aromatic heterocycles. The standard InChI is InChI=1S/C10H10.C8H8O3S.Na.H/c1-3-9-5-7-10(4-2)8-6-9;9-12(10,11)7-6-8-4-2-1-3-5-8;;/h3-8H,1-2H2;1-7H,(H,9,10,11);;/q;;+1;-1. The van der Waals surface area contributed by atoms with Crippen LogP contribution in [0.3, 0.4) is 0 Å². The maximum atomic E-state index is 10.3. The smallest absolute Gasteiger partial charge is 1.00 e. The normalized spacial score (nSPS) is 10.1. The van der Waals surface area contributed by atoms with E-state index in [1.807, 2.05) is 42.5 Å². The van der Waals surface area contributed by atoms with Gasteiger partial charge in [0, 0.05) is 0 Å². The maximum absolute atomic E-state index is 10.3. The molecule has 0 bridgehead atoms. The Bertz CT molecular complexity index is 713. The molecule has 0 radical (unpaired) electrons. The maximum Gasteiger partial charge on any atom is 1.00 e. The van der Waals surface area contributed by atoms with Gasteiger partial charge in [-0.2, -0.15) is 8.42 Å². The summed E-state index contributed by atoms with van der Waals surface area (Å²) in [5.41, 5.74) is 3.02. The summed E-state index contributed by atoms with van der Waals surface area (Å²) in [7, 11) is -4.00. The van der Waals surface area contributed by atoms with Crippen molar-refractivity contribution < 1.29 is 44.0 Å². The van der Waals surface area contributed by atoms with E-state index in [0.29, 0.717) is 0 Å². The average molecular weight is 338 g/mol. The van der Waals surface area contributed by atoms with Crippen LogP contribution in [0.5, 0.6) is 0 Å². The first kappa shape index (κ1) is 21.6. The topological polar surface area (TPSA) is 54.4 Å². The van der Waals surface area contributed by atoms with Crippen LogP contribution in [0.15, 0.2) is 73.2 Å². The van der Waals surface area contributed by atoms with Crippen LogP contribution in [0.1, 0.15) is 18.1 Å². The Kier molecular flexibility index (Phi) is 10.5.